The molecule has 0 spiro atoms. The number of nitrogens with zero attached hydrogens (tertiary/aromatic N) is 1. The molecule has 0 unspecified atom stereocenters. The van der Waals surface area contributed by atoms with Crippen LogP contribution in [-0.2, 0) is 9.05 Å². The molecule has 0 radical (unpaired) electrons. The Bertz CT molecular complexity index is 586. The minimum atomic E-state index is -4.11. The van der Waals surface area contributed by atoms with Crippen LogP contribution in [-0.4, -0.2) is 32.8 Å². The molecular weight excluding hydrogens is 281 g/mol. The van der Waals surface area contributed by atoms with Crippen LogP contribution in [0.4, 0.5) is 4.39 Å². The summed E-state index contributed by atoms with van der Waals surface area (Å²) < 4.78 is 35.7. The fourth-order valence-corrected chi connectivity index (χ4v) is 2.41. The highest BCUT2D eigenvalue weighted by Gasteiger charge is 2.23. The van der Waals surface area contributed by atoms with Crippen molar-refractivity contribution in [2.75, 3.05) is 13.6 Å². The molecule has 0 bridgehead atoms. The maximum Gasteiger partial charge on any atom is 0.262 e. The Hall–Kier alpha value is -1.40. The fourth-order valence-electron chi connectivity index (χ4n) is 1.36. The zero-order chi connectivity index (χ0) is 13.9. The molecule has 0 aliphatic rings. The number of carbonyl (C=O) groups is 1. The third-order valence-corrected chi connectivity index (χ3v) is 3.56. The van der Waals surface area contributed by atoms with E-state index in [0.29, 0.717) is 0 Å². The van der Waals surface area contributed by atoms with Crippen molar-refractivity contribution in [1.29, 1.82) is 0 Å². The second-order valence-electron chi connectivity index (χ2n) is 3.55. The first kappa shape index (κ1) is 14.7. The monoisotopic (exact) mass is 291 g/mol. The Balaban J connectivity index is 3.34. The summed E-state index contributed by atoms with van der Waals surface area (Å²) in [6.45, 7) is 3.66. The van der Waals surface area contributed by atoms with Crippen LogP contribution >= 0.6 is 10.7 Å². The molecule has 18 heavy (non-hydrogen) atoms. The summed E-state index contributed by atoms with van der Waals surface area (Å²) in [6, 6.07) is 2.74. The molecule has 98 valence electrons. The number of rotatable bonds is 4. The first-order valence-electron chi connectivity index (χ1n) is 4.88. The van der Waals surface area contributed by atoms with Crippen LogP contribution in [0.2, 0.25) is 0 Å². The SMILES string of the molecule is C=CCN(C)C(=O)c1cc(F)ccc1S(=O)(=O)Cl. The molecule has 0 fully saturated rings. The van der Waals surface area contributed by atoms with Gasteiger partial charge in [-0.1, -0.05) is 6.08 Å². The summed E-state index contributed by atoms with van der Waals surface area (Å²) in [5.41, 5.74) is -0.297. The van der Waals surface area contributed by atoms with Crippen molar-refractivity contribution in [2.24, 2.45) is 0 Å². The molecule has 1 amide bonds. The van der Waals surface area contributed by atoms with Crippen molar-refractivity contribution in [3.63, 3.8) is 0 Å². The number of benzene rings is 1. The lowest BCUT2D eigenvalue weighted by atomic mass is 10.2. The highest BCUT2D eigenvalue weighted by Crippen LogP contribution is 2.22. The van der Waals surface area contributed by atoms with Gasteiger partial charge >= 0.3 is 0 Å². The Kier molecular flexibility index (Phi) is 4.48. The molecule has 1 aromatic carbocycles. The Morgan fingerprint density at radius 1 is 1.56 bits per heavy atom. The van der Waals surface area contributed by atoms with E-state index in [4.69, 9.17) is 10.7 Å². The van der Waals surface area contributed by atoms with Crippen molar-refractivity contribution < 1.29 is 17.6 Å². The number of carbonyl (C=O) groups excluding carboxylic acids is 1. The van der Waals surface area contributed by atoms with E-state index in [2.05, 4.69) is 6.58 Å². The summed E-state index contributed by atoms with van der Waals surface area (Å²) in [4.78, 5) is 12.7. The van der Waals surface area contributed by atoms with E-state index in [-0.39, 0.29) is 12.1 Å². The van der Waals surface area contributed by atoms with Gasteiger partial charge in [0.05, 0.1) is 10.5 Å². The van der Waals surface area contributed by atoms with Gasteiger partial charge < -0.3 is 4.90 Å². The molecule has 0 aromatic heterocycles. The van der Waals surface area contributed by atoms with Gasteiger partial charge in [-0.05, 0) is 18.2 Å². The van der Waals surface area contributed by atoms with Crippen molar-refractivity contribution >= 4 is 25.6 Å². The normalized spacial score (nSPS) is 11.1. The molecule has 0 saturated carbocycles. The second kappa shape index (κ2) is 5.49. The predicted octanol–water partition coefficient (Wildman–Crippen LogP) is 2.01. The Morgan fingerprint density at radius 2 is 2.17 bits per heavy atom. The van der Waals surface area contributed by atoms with E-state index in [9.17, 15) is 17.6 Å². The molecule has 1 rings (SSSR count). The maximum atomic E-state index is 13.1. The quantitative estimate of drug-likeness (QED) is 0.630. The zero-order valence-electron chi connectivity index (χ0n) is 9.56. The topological polar surface area (TPSA) is 54.5 Å². The summed E-state index contributed by atoms with van der Waals surface area (Å²) in [6.07, 6.45) is 1.46. The Labute approximate surface area is 109 Å². The number of hydrogen-bond acceptors (Lipinski definition) is 3. The summed E-state index contributed by atoms with van der Waals surface area (Å²) in [5.74, 6) is -1.36. The molecule has 0 N–H and O–H groups in total. The molecule has 4 nitrogen and oxygen atoms in total. The van der Waals surface area contributed by atoms with E-state index in [1.807, 2.05) is 0 Å². The lowest BCUT2D eigenvalue weighted by Gasteiger charge is -2.16. The molecule has 1 aromatic rings. The van der Waals surface area contributed by atoms with Gasteiger partial charge in [-0.15, -0.1) is 6.58 Å². The highest BCUT2D eigenvalue weighted by molar-refractivity contribution is 8.13. The number of amides is 1. The first-order chi connectivity index (χ1) is 8.27. The molecule has 0 saturated heterocycles. The Morgan fingerprint density at radius 3 is 2.67 bits per heavy atom. The zero-order valence-corrected chi connectivity index (χ0v) is 11.1. The van der Waals surface area contributed by atoms with Crippen molar-refractivity contribution in [2.45, 2.75) is 4.90 Å². The average molecular weight is 292 g/mol. The van der Waals surface area contributed by atoms with E-state index < -0.39 is 25.7 Å². The summed E-state index contributed by atoms with van der Waals surface area (Å²) in [7, 11) is 2.53. The van der Waals surface area contributed by atoms with Crippen LogP contribution in [0.3, 0.4) is 0 Å². The van der Waals surface area contributed by atoms with Crippen LogP contribution < -0.4 is 0 Å². The van der Waals surface area contributed by atoms with Crippen molar-refractivity contribution in [3.05, 3.63) is 42.2 Å². The number of likely N-dealkylation sites (N-methyl/N-ethyl adjacent to an activating group) is 1. The molecule has 0 aliphatic carbocycles. The molecule has 0 heterocycles. The van der Waals surface area contributed by atoms with Gasteiger partial charge in [-0.2, -0.15) is 0 Å². The van der Waals surface area contributed by atoms with Gasteiger partial charge in [0.1, 0.15) is 5.82 Å². The minimum absolute atomic E-state index is 0.205. The predicted molar refractivity (Wildman–Crippen MR) is 66.6 cm³/mol. The number of halogens is 2. The van der Waals surface area contributed by atoms with E-state index in [1.54, 1.807) is 0 Å². The van der Waals surface area contributed by atoms with Gasteiger partial charge in [-0.25, -0.2) is 12.8 Å². The van der Waals surface area contributed by atoms with Crippen LogP contribution in [0, 0.1) is 5.82 Å². The highest BCUT2D eigenvalue weighted by atomic mass is 35.7. The summed E-state index contributed by atoms with van der Waals surface area (Å²) >= 11 is 0. The van der Waals surface area contributed by atoms with E-state index in [0.717, 1.165) is 18.2 Å². The molecule has 0 aliphatic heterocycles. The molecule has 0 atom stereocenters. The van der Waals surface area contributed by atoms with Crippen molar-refractivity contribution in [1.82, 2.24) is 4.90 Å². The third-order valence-electron chi connectivity index (χ3n) is 2.18. The van der Waals surface area contributed by atoms with Crippen LogP contribution in [0.1, 0.15) is 10.4 Å². The third kappa shape index (κ3) is 3.30. The minimum Gasteiger partial charge on any atom is -0.338 e. The van der Waals surface area contributed by atoms with Gasteiger partial charge in [0.2, 0.25) is 0 Å². The smallest absolute Gasteiger partial charge is 0.262 e. The van der Waals surface area contributed by atoms with E-state index in [1.165, 1.54) is 18.0 Å². The number of hydrogen-bond donors (Lipinski definition) is 0. The van der Waals surface area contributed by atoms with Gasteiger partial charge in [-0.3, -0.25) is 4.79 Å². The lowest BCUT2D eigenvalue weighted by molar-refractivity contribution is 0.0806. The average Bonchev–Trinajstić information content (AvgIpc) is 2.26. The second-order valence-corrected chi connectivity index (χ2v) is 6.09. The molecule has 7 heteroatoms. The van der Waals surface area contributed by atoms with Gasteiger partial charge in [0.15, 0.2) is 0 Å². The maximum absolute atomic E-state index is 13.1. The van der Waals surface area contributed by atoms with Crippen LogP contribution in [0.5, 0.6) is 0 Å². The van der Waals surface area contributed by atoms with E-state index >= 15 is 0 Å². The lowest BCUT2D eigenvalue weighted by Crippen LogP contribution is -2.28. The largest absolute Gasteiger partial charge is 0.338 e. The van der Waals surface area contributed by atoms with Crippen LogP contribution in [0.15, 0.2) is 35.7 Å². The van der Waals surface area contributed by atoms with Crippen LogP contribution in [0.25, 0.3) is 0 Å². The fraction of sp³-hybridized carbons (Fsp3) is 0.182. The van der Waals surface area contributed by atoms with Crippen molar-refractivity contribution in [3.8, 4) is 0 Å². The first-order valence-corrected chi connectivity index (χ1v) is 7.19. The summed E-state index contributed by atoms with van der Waals surface area (Å²) in [5, 5.41) is 0. The van der Waals surface area contributed by atoms with Gasteiger partial charge in [0, 0.05) is 24.3 Å². The molecular formula is C11H11ClFNO3S. The van der Waals surface area contributed by atoms with Gasteiger partial charge in [0.25, 0.3) is 15.0 Å². The standard InChI is InChI=1S/C11H11ClFNO3S/c1-3-6-14(2)11(15)9-7-8(13)4-5-10(9)18(12,16)17/h3-5,7H,1,6H2,2H3.